The van der Waals surface area contributed by atoms with Crippen molar-refractivity contribution >= 4 is 0 Å². The molecule has 3 aromatic rings. The van der Waals surface area contributed by atoms with Gasteiger partial charge in [0.2, 0.25) is 0 Å². The second-order valence-corrected chi connectivity index (χ2v) is 12.9. The summed E-state index contributed by atoms with van der Waals surface area (Å²) in [5.74, 6) is 3.11. The Hall–Kier alpha value is -3.06. The van der Waals surface area contributed by atoms with Crippen LogP contribution in [0.25, 0.3) is 0 Å². The average molecular weight is 650 g/mol. The second-order valence-electron chi connectivity index (χ2n) is 12.9. The lowest BCUT2D eigenvalue weighted by Gasteiger charge is -2.24. The van der Waals surface area contributed by atoms with E-state index in [9.17, 15) is 0 Å². The van der Waals surface area contributed by atoms with Gasteiger partial charge in [-0.1, -0.05) is 75.4 Å². The van der Waals surface area contributed by atoms with E-state index in [0.717, 1.165) is 56.7 Å². The zero-order chi connectivity index (χ0) is 35.5. The molecule has 47 heavy (non-hydrogen) atoms. The third-order valence-corrected chi connectivity index (χ3v) is 8.70. The molecule has 0 fully saturated rings. The maximum atomic E-state index is 5.91. The maximum Gasteiger partial charge on any atom is 0.125 e. The van der Waals surface area contributed by atoms with E-state index in [1.807, 2.05) is 0 Å². The molecule has 264 valence electrons. The molecule has 0 aliphatic carbocycles. The standard InChI is InChI=1S/2C14H23NO.C13H21NO/c2*1-6-15(5)13(4)10-16-14-11(2)8-7-9-12(14)3;1-5-14-12(4)9-15-13-10(2)7-6-8-11(13)3/h2*7-9,13H,6,10H2,1-5H3;6-8,12,14H,5,9H2,1-4H3. The number of nitrogens with one attached hydrogen (secondary N) is 1. The summed E-state index contributed by atoms with van der Waals surface area (Å²) < 4.78 is 17.6. The molecular weight excluding hydrogens is 582 g/mol. The van der Waals surface area contributed by atoms with Crippen LogP contribution in [0.5, 0.6) is 17.2 Å². The van der Waals surface area contributed by atoms with Gasteiger partial charge in [0, 0.05) is 18.1 Å². The van der Waals surface area contributed by atoms with Gasteiger partial charge in [0.25, 0.3) is 0 Å². The van der Waals surface area contributed by atoms with E-state index < -0.39 is 0 Å². The smallest absolute Gasteiger partial charge is 0.125 e. The van der Waals surface area contributed by atoms with Crippen LogP contribution in [-0.4, -0.2) is 81.5 Å². The molecule has 0 saturated heterocycles. The highest BCUT2D eigenvalue weighted by Gasteiger charge is 2.11. The molecule has 0 heterocycles. The largest absolute Gasteiger partial charge is 0.491 e. The molecule has 0 aliphatic rings. The van der Waals surface area contributed by atoms with Crippen molar-refractivity contribution in [1.29, 1.82) is 0 Å². The van der Waals surface area contributed by atoms with E-state index in [-0.39, 0.29) is 0 Å². The van der Waals surface area contributed by atoms with Crippen molar-refractivity contribution in [2.45, 2.75) is 101 Å². The Morgan fingerprint density at radius 2 is 0.787 bits per heavy atom. The van der Waals surface area contributed by atoms with E-state index in [1.54, 1.807) is 0 Å². The number of para-hydroxylation sites is 3. The topological polar surface area (TPSA) is 46.2 Å². The molecule has 0 radical (unpaired) electrons. The molecule has 0 saturated carbocycles. The minimum Gasteiger partial charge on any atom is -0.491 e. The third-order valence-electron chi connectivity index (χ3n) is 8.70. The van der Waals surface area contributed by atoms with Crippen molar-refractivity contribution in [3.63, 3.8) is 0 Å². The van der Waals surface area contributed by atoms with Crippen molar-refractivity contribution in [1.82, 2.24) is 15.1 Å². The van der Waals surface area contributed by atoms with Crippen LogP contribution in [0.1, 0.15) is 74.9 Å². The van der Waals surface area contributed by atoms with Crippen molar-refractivity contribution in [3.8, 4) is 17.2 Å². The zero-order valence-corrected chi connectivity index (χ0v) is 32.3. The summed E-state index contributed by atoms with van der Waals surface area (Å²) >= 11 is 0. The van der Waals surface area contributed by atoms with Crippen molar-refractivity contribution < 1.29 is 14.2 Å². The fraction of sp³-hybridized carbons (Fsp3) is 0.561. The van der Waals surface area contributed by atoms with Gasteiger partial charge in [-0.15, -0.1) is 0 Å². The number of nitrogens with zero attached hydrogens (tertiary/aromatic N) is 2. The quantitative estimate of drug-likeness (QED) is 0.178. The molecule has 0 bridgehead atoms. The number of hydrogen-bond donors (Lipinski definition) is 1. The van der Waals surface area contributed by atoms with Gasteiger partial charge < -0.3 is 29.3 Å². The predicted octanol–water partition coefficient (Wildman–Crippen LogP) is 8.73. The van der Waals surface area contributed by atoms with E-state index in [0.29, 0.717) is 18.1 Å². The fourth-order valence-electron chi connectivity index (χ4n) is 4.98. The van der Waals surface area contributed by atoms with Crippen LogP contribution in [0, 0.1) is 41.5 Å². The predicted molar refractivity (Wildman–Crippen MR) is 203 cm³/mol. The first-order valence-corrected chi connectivity index (χ1v) is 17.5. The molecule has 0 spiro atoms. The van der Waals surface area contributed by atoms with Gasteiger partial charge in [-0.05, 0) is 129 Å². The summed E-state index contributed by atoms with van der Waals surface area (Å²) in [6.07, 6.45) is 0. The number of rotatable bonds is 15. The van der Waals surface area contributed by atoms with E-state index in [2.05, 4.69) is 167 Å². The first kappa shape index (κ1) is 42.0. The molecule has 3 rings (SSSR count). The molecular formula is C41H67N3O3. The van der Waals surface area contributed by atoms with Crippen molar-refractivity contribution in [2.75, 3.05) is 53.6 Å². The summed E-state index contributed by atoms with van der Waals surface area (Å²) in [4.78, 5) is 4.57. The third kappa shape index (κ3) is 15.1. The number of hydrogen-bond acceptors (Lipinski definition) is 6. The molecule has 0 aliphatic heterocycles. The van der Waals surface area contributed by atoms with E-state index in [4.69, 9.17) is 14.2 Å². The molecule has 3 unspecified atom stereocenters. The van der Waals surface area contributed by atoms with Gasteiger partial charge >= 0.3 is 0 Å². The molecule has 6 heteroatoms. The number of likely N-dealkylation sites (N-methyl/N-ethyl adjacent to an activating group) is 3. The number of ether oxygens (including phenoxy) is 3. The minimum atomic E-state index is 0.397. The number of aryl methyl sites for hydroxylation is 6. The lowest BCUT2D eigenvalue weighted by atomic mass is 10.1. The van der Waals surface area contributed by atoms with Gasteiger partial charge in [-0.2, -0.15) is 0 Å². The zero-order valence-electron chi connectivity index (χ0n) is 32.3. The summed E-state index contributed by atoms with van der Waals surface area (Å²) in [5, 5.41) is 3.33. The summed E-state index contributed by atoms with van der Waals surface area (Å²) in [7, 11) is 4.25. The second kappa shape index (κ2) is 22.5. The first-order chi connectivity index (χ1) is 22.3. The first-order valence-electron chi connectivity index (χ1n) is 17.5. The van der Waals surface area contributed by atoms with Gasteiger partial charge in [-0.25, -0.2) is 0 Å². The average Bonchev–Trinajstić information content (AvgIpc) is 3.03. The van der Waals surface area contributed by atoms with Crippen LogP contribution in [0.2, 0.25) is 0 Å². The van der Waals surface area contributed by atoms with Crippen LogP contribution in [0.15, 0.2) is 54.6 Å². The molecule has 1 N–H and O–H groups in total. The Bertz CT molecular complexity index is 1170. The monoisotopic (exact) mass is 650 g/mol. The summed E-state index contributed by atoms with van der Waals surface area (Å²) in [5.41, 5.74) is 7.27. The Morgan fingerprint density at radius 1 is 0.511 bits per heavy atom. The highest BCUT2D eigenvalue weighted by molar-refractivity contribution is 5.41. The molecule has 3 aromatic carbocycles. The van der Waals surface area contributed by atoms with E-state index in [1.165, 1.54) is 33.4 Å². The van der Waals surface area contributed by atoms with Crippen LogP contribution in [0.3, 0.4) is 0 Å². The van der Waals surface area contributed by atoms with Gasteiger partial charge in [0.1, 0.15) is 37.1 Å². The SMILES string of the molecule is CCN(C)C(C)COc1c(C)cccc1C.CCN(C)C(C)COc1c(C)cccc1C.CCNC(C)COc1c(C)cccc1C. The Morgan fingerprint density at radius 3 is 1.04 bits per heavy atom. The Balaban J connectivity index is 0.000000353. The van der Waals surface area contributed by atoms with Gasteiger partial charge in [-0.3, -0.25) is 0 Å². The fourth-order valence-corrected chi connectivity index (χ4v) is 4.98. The minimum absolute atomic E-state index is 0.397. The van der Waals surface area contributed by atoms with Crippen LogP contribution in [-0.2, 0) is 0 Å². The van der Waals surface area contributed by atoms with Gasteiger partial charge in [0.05, 0.1) is 0 Å². The summed E-state index contributed by atoms with van der Waals surface area (Å²) in [6.45, 7) is 30.8. The van der Waals surface area contributed by atoms with Crippen molar-refractivity contribution in [3.05, 3.63) is 88.0 Å². The molecule has 0 amide bonds. The molecule has 0 aromatic heterocycles. The molecule has 6 nitrogen and oxygen atoms in total. The lowest BCUT2D eigenvalue weighted by molar-refractivity contribution is 0.178. The highest BCUT2D eigenvalue weighted by Crippen LogP contribution is 2.24. The van der Waals surface area contributed by atoms with Gasteiger partial charge in [0.15, 0.2) is 0 Å². The van der Waals surface area contributed by atoms with Crippen LogP contribution >= 0.6 is 0 Å². The van der Waals surface area contributed by atoms with Crippen molar-refractivity contribution in [2.24, 2.45) is 0 Å². The Kier molecular flexibility index (Phi) is 20.1. The maximum absolute atomic E-state index is 5.91. The van der Waals surface area contributed by atoms with E-state index >= 15 is 0 Å². The lowest BCUT2D eigenvalue weighted by Crippen LogP contribution is -2.33. The van der Waals surface area contributed by atoms with Crippen LogP contribution in [0.4, 0.5) is 0 Å². The highest BCUT2D eigenvalue weighted by atomic mass is 16.5. The van der Waals surface area contributed by atoms with Crippen LogP contribution < -0.4 is 19.5 Å². The Labute approximate surface area is 288 Å². The summed E-state index contributed by atoms with van der Waals surface area (Å²) in [6, 6.07) is 20.0. The number of benzene rings is 3. The normalized spacial score (nSPS) is 12.8. The molecule has 3 atom stereocenters.